The summed E-state index contributed by atoms with van der Waals surface area (Å²) in [6.45, 7) is 0. The molecule has 1 amide bonds. The van der Waals surface area contributed by atoms with Crippen LogP contribution in [0.1, 0.15) is 20.7 Å². The zero-order valence-electron chi connectivity index (χ0n) is 12.4. The first kappa shape index (κ1) is 13.5. The number of nitrogens with zero attached hydrogens (tertiary/aromatic N) is 1. The number of hydrogen-bond donors (Lipinski definition) is 1. The fourth-order valence-corrected chi connectivity index (χ4v) is 3.18. The third kappa shape index (κ3) is 1.85. The Balaban J connectivity index is 1.96. The van der Waals surface area contributed by atoms with Crippen molar-refractivity contribution in [3.05, 3.63) is 65.7 Å². The Morgan fingerprint density at radius 3 is 2.39 bits per heavy atom. The van der Waals surface area contributed by atoms with Crippen LogP contribution in [0.3, 0.4) is 0 Å². The van der Waals surface area contributed by atoms with E-state index in [0.717, 1.165) is 27.6 Å². The lowest BCUT2D eigenvalue weighted by molar-refractivity contribution is 0.0696. The van der Waals surface area contributed by atoms with Gasteiger partial charge in [0, 0.05) is 18.0 Å². The second-order valence-corrected chi connectivity index (χ2v) is 5.61. The molecule has 112 valence electrons. The quantitative estimate of drug-likeness (QED) is 0.783. The summed E-state index contributed by atoms with van der Waals surface area (Å²) >= 11 is 0. The average Bonchev–Trinajstić information content (AvgIpc) is 2.82. The number of anilines is 1. The first-order valence-corrected chi connectivity index (χ1v) is 7.25. The molecule has 1 heterocycles. The van der Waals surface area contributed by atoms with E-state index in [1.165, 1.54) is 0 Å². The van der Waals surface area contributed by atoms with Gasteiger partial charge in [0.1, 0.15) is 0 Å². The number of carboxylic acid groups (broad SMARTS) is 1. The standard InChI is InChI=1S/C19H13NO3/c1-20-16-10-9-13(11-5-7-12(8-6-11)19(22)23)14-3-2-4-15(17(14)16)18(20)21/h2-10H,1H3,(H,22,23). The number of aromatic carboxylic acids is 1. The maximum atomic E-state index is 12.3. The van der Waals surface area contributed by atoms with Crippen molar-refractivity contribution in [2.45, 2.75) is 0 Å². The first-order valence-electron chi connectivity index (χ1n) is 7.25. The molecular formula is C19H13NO3. The minimum absolute atomic E-state index is 0.00368. The summed E-state index contributed by atoms with van der Waals surface area (Å²) in [4.78, 5) is 25.0. The molecule has 1 aliphatic rings. The number of carbonyl (C=O) groups is 2. The van der Waals surface area contributed by atoms with Gasteiger partial charge in [-0.1, -0.05) is 30.3 Å². The van der Waals surface area contributed by atoms with Gasteiger partial charge in [-0.05, 0) is 40.8 Å². The molecule has 3 aromatic rings. The predicted octanol–water partition coefficient (Wildman–Crippen LogP) is 3.80. The number of benzene rings is 3. The Kier molecular flexibility index (Phi) is 2.75. The van der Waals surface area contributed by atoms with E-state index in [2.05, 4.69) is 0 Å². The van der Waals surface area contributed by atoms with E-state index in [9.17, 15) is 9.59 Å². The zero-order chi connectivity index (χ0) is 16.1. The molecule has 4 nitrogen and oxygen atoms in total. The molecule has 0 spiro atoms. The van der Waals surface area contributed by atoms with Crippen molar-refractivity contribution < 1.29 is 14.7 Å². The summed E-state index contributed by atoms with van der Waals surface area (Å²) in [7, 11) is 1.78. The van der Waals surface area contributed by atoms with Crippen molar-refractivity contribution in [3.8, 4) is 11.1 Å². The fraction of sp³-hybridized carbons (Fsp3) is 0.0526. The maximum Gasteiger partial charge on any atom is 0.335 e. The van der Waals surface area contributed by atoms with Crippen LogP contribution in [-0.4, -0.2) is 24.0 Å². The molecule has 1 aliphatic heterocycles. The zero-order valence-corrected chi connectivity index (χ0v) is 12.4. The van der Waals surface area contributed by atoms with E-state index >= 15 is 0 Å². The Morgan fingerprint density at radius 1 is 0.957 bits per heavy atom. The van der Waals surface area contributed by atoms with Crippen LogP contribution < -0.4 is 4.90 Å². The molecule has 0 aliphatic carbocycles. The van der Waals surface area contributed by atoms with Crippen LogP contribution in [-0.2, 0) is 0 Å². The van der Waals surface area contributed by atoms with Gasteiger partial charge in [-0.25, -0.2) is 4.79 Å². The van der Waals surface area contributed by atoms with Gasteiger partial charge in [0.15, 0.2) is 0 Å². The van der Waals surface area contributed by atoms with Gasteiger partial charge in [-0.2, -0.15) is 0 Å². The Morgan fingerprint density at radius 2 is 1.70 bits per heavy atom. The number of carbonyl (C=O) groups excluding carboxylic acids is 1. The van der Waals surface area contributed by atoms with Crippen molar-refractivity contribution in [2.24, 2.45) is 0 Å². The van der Waals surface area contributed by atoms with Crippen molar-refractivity contribution in [3.63, 3.8) is 0 Å². The molecule has 0 aromatic heterocycles. The highest BCUT2D eigenvalue weighted by molar-refractivity contribution is 6.26. The van der Waals surface area contributed by atoms with E-state index in [1.807, 2.05) is 30.3 Å². The number of rotatable bonds is 2. The third-order valence-electron chi connectivity index (χ3n) is 4.36. The smallest absolute Gasteiger partial charge is 0.335 e. The Hall–Kier alpha value is -3.14. The molecule has 0 radical (unpaired) electrons. The minimum Gasteiger partial charge on any atom is -0.478 e. The molecule has 23 heavy (non-hydrogen) atoms. The summed E-state index contributed by atoms with van der Waals surface area (Å²) < 4.78 is 0. The summed E-state index contributed by atoms with van der Waals surface area (Å²) in [6.07, 6.45) is 0. The molecular weight excluding hydrogens is 290 g/mol. The average molecular weight is 303 g/mol. The molecule has 0 unspecified atom stereocenters. The van der Waals surface area contributed by atoms with E-state index in [0.29, 0.717) is 5.56 Å². The largest absolute Gasteiger partial charge is 0.478 e. The van der Waals surface area contributed by atoms with Crippen LogP contribution in [0.4, 0.5) is 5.69 Å². The second-order valence-electron chi connectivity index (χ2n) is 5.61. The molecule has 3 aromatic carbocycles. The van der Waals surface area contributed by atoms with Gasteiger partial charge in [-0.15, -0.1) is 0 Å². The van der Waals surface area contributed by atoms with Gasteiger partial charge in [-0.3, -0.25) is 4.79 Å². The van der Waals surface area contributed by atoms with Crippen LogP contribution in [0.25, 0.3) is 21.9 Å². The fourth-order valence-electron chi connectivity index (χ4n) is 3.18. The molecule has 1 N–H and O–H groups in total. The highest BCUT2D eigenvalue weighted by atomic mass is 16.4. The summed E-state index contributed by atoms with van der Waals surface area (Å²) in [5.74, 6) is -0.937. The van der Waals surface area contributed by atoms with Gasteiger partial charge in [0.05, 0.1) is 11.3 Å². The molecule has 4 heteroatoms. The molecule has 0 saturated heterocycles. The van der Waals surface area contributed by atoms with Gasteiger partial charge in [0.2, 0.25) is 0 Å². The third-order valence-corrected chi connectivity index (χ3v) is 4.36. The van der Waals surface area contributed by atoms with Gasteiger partial charge >= 0.3 is 5.97 Å². The second kappa shape index (κ2) is 4.68. The van der Waals surface area contributed by atoms with E-state index in [1.54, 1.807) is 36.2 Å². The summed E-state index contributed by atoms with van der Waals surface area (Å²) in [5, 5.41) is 11.0. The number of hydrogen-bond acceptors (Lipinski definition) is 2. The Bertz CT molecular complexity index is 974. The molecule has 0 saturated carbocycles. The van der Waals surface area contributed by atoms with Crippen LogP contribution in [0.2, 0.25) is 0 Å². The molecule has 0 bridgehead atoms. The minimum atomic E-state index is -0.941. The lowest BCUT2D eigenvalue weighted by Gasteiger charge is -2.12. The van der Waals surface area contributed by atoms with E-state index in [4.69, 9.17) is 5.11 Å². The normalized spacial score (nSPS) is 12.9. The van der Waals surface area contributed by atoms with E-state index in [-0.39, 0.29) is 11.5 Å². The van der Waals surface area contributed by atoms with Crippen molar-refractivity contribution in [2.75, 3.05) is 11.9 Å². The van der Waals surface area contributed by atoms with Crippen LogP contribution in [0, 0.1) is 0 Å². The lowest BCUT2D eigenvalue weighted by Crippen LogP contribution is -2.20. The summed E-state index contributed by atoms with van der Waals surface area (Å²) in [6, 6.07) is 16.4. The molecule has 0 fully saturated rings. The maximum absolute atomic E-state index is 12.3. The SMILES string of the molecule is CN1C(=O)c2cccc3c(-c4ccc(C(=O)O)cc4)ccc1c23. The molecule has 0 atom stereocenters. The highest BCUT2D eigenvalue weighted by Gasteiger charge is 2.27. The van der Waals surface area contributed by atoms with Gasteiger partial charge in [0.25, 0.3) is 5.91 Å². The predicted molar refractivity (Wildman–Crippen MR) is 89.1 cm³/mol. The monoisotopic (exact) mass is 303 g/mol. The van der Waals surface area contributed by atoms with Gasteiger partial charge < -0.3 is 10.0 Å². The van der Waals surface area contributed by atoms with Crippen LogP contribution in [0.5, 0.6) is 0 Å². The van der Waals surface area contributed by atoms with E-state index < -0.39 is 5.97 Å². The van der Waals surface area contributed by atoms with Crippen molar-refractivity contribution in [1.82, 2.24) is 0 Å². The Labute approximate surface area is 132 Å². The molecule has 4 rings (SSSR count). The highest BCUT2D eigenvalue weighted by Crippen LogP contribution is 2.41. The summed E-state index contributed by atoms with van der Waals surface area (Å²) in [5.41, 5.74) is 3.80. The van der Waals surface area contributed by atoms with Crippen molar-refractivity contribution >= 4 is 28.3 Å². The van der Waals surface area contributed by atoms with Crippen LogP contribution >= 0.6 is 0 Å². The number of amides is 1. The number of carboxylic acids is 1. The lowest BCUT2D eigenvalue weighted by atomic mass is 9.95. The first-order chi connectivity index (χ1) is 11.1. The topological polar surface area (TPSA) is 57.6 Å². The van der Waals surface area contributed by atoms with Crippen molar-refractivity contribution in [1.29, 1.82) is 0 Å². The van der Waals surface area contributed by atoms with Crippen LogP contribution in [0.15, 0.2) is 54.6 Å².